The molecule has 3 nitrogen and oxygen atoms in total. The predicted octanol–water partition coefficient (Wildman–Crippen LogP) is 3.87. The topological polar surface area (TPSA) is 50.7 Å². The zero-order valence-corrected chi connectivity index (χ0v) is 12.3. The number of rotatable bonds is 4. The summed E-state index contributed by atoms with van der Waals surface area (Å²) in [6.45, 7) is 3.83. The van der Waals surface area contributed by atoms with Gasteiger partial charge in [0.15, 0.2) is 0 Å². The molecule has 0 aromatic heterocycles. The molecule has 0 amide bonds. The van der Waals surface area contributed by atoms with E-state index in [9.17, 15) is 0 Å². The van der Waals surface area contributed by atoms with Crippen LogP contribution in [0.1, 0.15) is 25.0 Å². The number of nitrogens with zero attached hydrogens (tertiary/aromatic N) is 2. The molecular formula is C18H19N3. The van der Waals surface area contributed by atoms with Crippen LogP contribution < -0.4 is 5.73 Å². The van der Waals surface area contributed by atoms with E-state index in [2.05, 4.69) is 10.2 Å². The lowest BCUT2D eigenvalue weighted by atomic mass is 10.1. The van der Waals surface area contributed by atoms with E-state index in [0.29, 0.717) is 5.70 Å². The van der Waals surface area contributed by atoms with Crippen LogP contribution in [0, 0.1) is 0 Å². The van der Waals surface area contributed by atoms with E-state index in [1.54, 1.807) is 0 Å². The molecule has 2 aromatic carbocycles. The summed E-state index contributed by atoms with van der Waals surface area (Å²) >= 11 is 0. The first-order valence-corrected chi connectivity index (χ1v) is 6.83. The van der Waals surface area contributed by atoms with Crippen LogP contribution in [0.25, 0.3) is 5.70 Å². The third-order valence-corrected chi connectivity index (χ3v) is 3.02. The minimum atomic E-state index is 0.685. The molecule has 2 rings (SSSR count). The Morgan fingerprint density at radius 2 is 1.33 bits per heavy atom. The van der Waals surface area contributed by atoms with Gasteiger partial charge in [-0.1, -0.05) is 60.7 Å². The summed E-state index contributed by atoms with van der Waals surface area (Å²) in [4.78, 5) is 0. The fourth-order valence-corrected chi connectivity index (χ4v) is 1.86. The Morgan fingerprint density at radius 3 is 1.90 bits per heavy atom. The van der Waals surface area contributed by atoms with E-state index in [-0.39, 0.29) is 0 Å². The van der Waals surface area contributed by atoms with E-state index < -0.39 is 0 Å². The van der Waals surface area contributed by atoms with Gasteiger partial charge in [-0.15, -0.1) is 0 Å². The maximum Gasteiger partial charge on any atom is 0.0671 e. The van der Waals surface area contributed by atoms with Gasteiger partial charge in [0, 0.05) is 5.70 Å². The minimum Gasteiger partial charge on any atom is -0.398 e. The van der Waals surface area contributed by atoms with Gasteiger partial charge in [-0.05, 0) is 31.1 Å². The Bertz CT molecular complexity index is 668. The second kappa shape index (κ2) is 7.20. The van der Waals surface area contributed by atoms with Gasteiger partial charge in [0.1, 0.15) is 0 Å². The van der Waals surface area contributed by atoms with Gasteiger partial charge in [0.05, 0.1) is 11.4 Å². The van der Waals surface area contributed by atoms with Crippen LogP contribution in [0.2, 0.25) is 0 Å². The van der Waals surface area contributed by atoms with Crippen molar-refractivity contribution in [2.45, 2.75) is 13.8 Å². The highest BCUT2D eigenvalue weighted by Crippen LogP contribution is 2.08. The fraction of sp³-hybridized carbons (Fsp3) is 0.111. The van der Waals surface area contributed by atoms with Crippen LogP contribution >= 0.6 is 0 Å². The van der Waals surface area contributed by atoms with Crippen molar-refractivity contribution in [1.29, 1.82) is 0 Å². The van der Waals surface area contributed by atoms with Crippen molar-refractivity contribution < 1.29 is 0 Å². The maximum absolute atomic E-state index is 6.05. The second-order valence-corrected chi connectivity index (χ2v) is 4.76. The van der Waals surface area contributed by atoms with Gasteiger partial charge >= 0.3 is 0 Å². The first-order chi connectivity index (χ1) is 10.2. The Morgan fingerprint density at radius 1 is 0.810 bits per heavy atom. The van der Waals surface area contributed by atoms with Crippen LogP contribution in [0.15, 0.2) is 76.9 Å². The van der Waals surface area contributed by atoms with E-state index in [1.807, 2.05) is 80.6 Å². The predicted molar refractivity (Wildman–Crippen MR) is 90.4 cm³/mol. The smallest absolute Gasteiger partial charge is 0.0671 e. The number of hydrogen-bond acceptors (Lipinski definition) is 3. The van der Waals surface area contributed by atoms with Crippen molar-refractivity contribution in [3.63, 3.8) is 0 Å². The molecule has 2 N–H and O–H groups in total. The molecule has 0 fully saturated rings. The third kappa shape index (κ3) is 4.42. The largest absolute Gasteiger partial charge is 0.398 e. The molecule has 0 saturated heterocycles. The first kappa shape index (κ1) is 14.7. The second-order valence-electron chi connectivity index (χ2n) is 4.76. The molecule has 0 radical (unpaired) electrons. The molecule has 106 valence electrons. The van der Waals surface area contributed by atoms with Crippen LogP contribution in [0.5, 0.6) is 0 Å². The molecule has 21 heavy (non-hydrogen) atoms. The van der Waals surface area contributed by atoms with Crippen LogP contribution in [-0.4, -0.2) is 11.4 Å². The number of nitrogens with two attached hydrogens (primary N) is 1. The van der Waals surface area contributed by atoms with E-state index in [1.165, 1.54) is 0 Å². The number of allylic oxidation sites excluding steroid dienone is 1. The van der Waals surface area contributed by atoms with Crippen molar-refractivity contribution in [2.24, 2.45) is 15.9 Å². The van der Waals surface area contributed by atoms with Gasteiger partial charge in [-0.3, -0.25) is 0 Å². The van der Waals surface area contributed by atoms with Crippen molar-refractivity contribution >= 4 is 17.1 Å². The zero-order valence-electron chi connectivity index (χ0n) is 12.3. The van der Waals surface area contributed by atoms with Crippen LogP contribution in [-0.2, 0) is 0 Å². The lowest BCUT2D eigenvalue weighted by Crippen LogP contribution is -1.99. The van der Waals surface area contributed by atoms with Crippen molar-refractivity contribution in [3.05, 3.63) is 77.9 Å². The summed E-state index contributed by atoms with van der Waals surface area (Å²) in [6.07, 6.45) is 1.83. The lowest BCUT2D eigenvalue weighted by molar-refractivity contribution is 1.22. The van der Waals surface area contributed by atoms with Crippen molar-refractivity contribution in [1.82, 2.24) is 0 Å². The number of benzene rings is 2. The molecule has 0 unspecified atom stereocenters. The highest BCUT2D eigenvalue weighted by molar-refractivity contribution is 6.01. The van der Waals surface area contributed by atoms with E-state index in [4.69, 9.17) is 5.73 Å². The first-order valence-electron chi connectivity index (χ1n) is 6.83. The maximum atomic E-state index is 6.05. The molecule has 0 aliphatic heterocycles. The summed E-state index contributed by atoms with van der Waals surface area (Å²) < 4.78 is 0. The van der Waals surface area contributed by atoms with E-state index in [0.717, 1.165) is 22.6 Å². The summed E-state index contributed by atoms with van der Waals surface area (Å²) in [5.74, 6) is 0. The molecule has 2 aromatic rings. The lowest BCUT2D eigenvalue weighted by Gasteiger charge is -2.01. The van der Waals surface area contributed by atoms with Crippen LogP contribution in [0.4, 0.5) is 0 Å². The molecule has 0 atom stereocenters. The SMILES string of the molecule is C/C(=N/N=C(C)/C=C(\N)c1ccccc1)c1ccccc1. The normalized spacial score (nSPS) is 13.3. The molecular weight excluding hydrogens is 258 g/mol. The fourth-order valence-electron chi connectivity index (χ4n) is 1.86. The Kier molecular flexibility index (Phi) is 5.04. The molecule has 3 heteroatoms. The zero-order chi connectivity index (χ0) is 15.1. The summed E-state index contributed by atoms with van der Waals surface area (Å²) in [7, 11) is 0. The summed E-state index contributed by atoms with van der Waals surface area (Å²) in [5.41, 5.74) is 10.4. The molecule has 0 heterocycles. The Hall–Kier alpha value is -2.68. The average molecular weight is 277 g/mol. The summed E-state index contributed by atoms with van der Waals surface area (Å²) in [5, 5.41) is 8.46. The van der Waals surface area contributed by atoms with E-state index >= 15 is 0 Å². The van der Waals surface area contributed by atoms with Gasteiger partial charge in [-0.25, -0.2) is 0 Å². The number of hydrogen-bond donors (Lipinski definition) is 1. The molecule has 0 spiro atoms. The van der Waals surface area contributed by atoms with Gasteiger partial charge in [-0.2, -0.15) is 10.2 Å². The minimum absolute atomic E-state index is 0.685. The van der Waals surface area contributed by atoms with Gasteiger partial charge in [0.2, 0.25) is 0 Å². The highest BCUT2D eigenvalue weighted by atomic mass is 15.2. The Balaban J connectivity index is 2.15. The van der Waals surface area contributed by atoms with Crippen molar-refractivity contribution in [3.8, 4) is 0 Å². The summed E-state index contributed by atoms with van der Waals surface area (Å²) in [6, 6.07) is 19.8. The third-order valence-electron chi connectivity index (χ3n) is 3.02. The molecule has 0 bridgehead atoms. The molecule has 0 aliphatic rings. The Labute approximate surface area is 125 Å². The van der Waals surface area contributed by atoms with Gasteiger partial charge < -0.3 is 5.73 Å². The molecule has 0 saturated carbocycles. The molecule has 0 aliphatic carbocycles. The quantitative estimate of drug-likeness (QED) is 0.669. The van der Waals surface area contributed by atoms with Crippen LogP contribution in [0.3, 0.4) is 0 Å². The average Bonchev–Trinajstić information content (AvgIpc) is 2.54. The van der Waals surface area contributed by atoms with Gasteiger partial charge in [0.25, 0.3) is 0 Å². The standard InChI is InChI=1S/C18H19N3/c1-14(13-18(19)17-11-7-4-8-12-17)20-21-15(2)16-9-5-3-6-10-16/h3-13H,19H2,1-2H3/b18-13-,20-14+,21-15-. The monoisotopic (exact) mass is 277 g/mol. The highest BCUT2D eigenvalue weighted by Gasteiger charge is 1.97. The van der Waals surface area contributed by atoms with Crippen molar-refractivity contribution in [2.75, 3.05) is 0 Å².